The smallest absolute Gasteiger partial charge is 0.257 e. The number of hydrogen-bond donors (Lipinski definition) is 1. The molecular weight excluding hydrogens is 401 g/mol. The number of hydrogen-bond acceptors (Lipinski definition) is 6. The zero-order valence-electron chi connectivity index (χ0n) is 17.3. The molecule has 8 heteroatoms. The summed E-state index contributed by atoms with van der Waals surface area (Å²) in [6.07, 6.45) is 0. The van der Waals surface area contributed by atoms with Gasteiger partial charge in [0.15, 0.2) is 0 Å². The monoisotopic (exact) mass is 423 g/mol. The summed E-state index contributed by atoms with van der Waals surface area (Å²) in [7, 11) is 3.26. The Morgan fingerprint density at radius 2 is 2.00 bits per heavy atom. The van der Waals surface area contributed by atoms with Gasteiger partial charge in [-0.25, -0.2) is 9.37 Å². The number of anilines is 1. The highest BCUT2D eigenvalue weighted by molar-refractivity contribution is 5.99. The van der Waals surface area contributed by atoms with Gasteiger partial charge in [0, 0.05) is 24.1 Å². The van der Waals surface area contributed by atoms with E-state index in [-0.39, 0.29) is 11.6 Å². The number of nitrogens with two attached hydrogens (primary N) is 1. The van der Waals surface area contributed by atoms with Crippen LogP contribution in [0.25, 0.3) is 10.9 Å². The first-order valence-corrected chi connectivity index (χ1v) is 9.98. The number of ether oxygens (including phenoxy) is 3. The van der Waals surface area contributed by atoms with Crippen molar-refractivity contribution in [3.8, 4) is 5.75 Å². The van der Waals surface area contributed by atoms with Crippen molar-refractivity contribution < 1.29 is 23.4 Å². The van der Waals surface area contributed by atoms with E-state index in [2.05, 4.69) is 4.98 Å². The molecule has 0 fully saturated rings. The Bertz CT molecular complexity index is 1210. The molecule has 7 nitrogen and oxygen atoms in total. The van der Waals surface area contributed by atoms with Crippen molar-refractivity contribution in [2.75, 3.05) is 26.5 Å². The lowest BCUT2D eigenvalue weighted by molar-refractivity contribution is 0.0343. The molecule has 3 heterocycles. The van der Waals surface area contributed by atoms with E-state index in [0.29, 0.717) is 43.1 Å². The SMILES string of the molecule is COc1ccc2c(c1)COC[C@H]2N(C)C(=O)c1cc2c3c(c(N)nc2cc1F)COC3. The first kappa shape index (κ1) is 19.7. The van der Waals surface area contributed by atoms with Gasteiger partial charge >= 0.3 is 0 Å². The number of methoxy groups -OCH3 is 1. The van der Waals surface area contributed by atoms with E-state index < -0.39 is 11.7 Å². The van der Waals surface area contributed by atoms with Crippen molar-refractivity contribution in [1.29, 1.82) is 0 Å². The van der Waals surface area contributed by atoms with Crippen LogP contribution in [-0.4, -0.2) is 36.6 Å². The number of benzene rings is 2. The van der Waals surface area contributed by atoms with Gasteiger partial charge in [-0.1, -0.05) is 6.07 Å². The van der Waals surface area contributed by atoms with Crippen molar-refractivity contribution >= 4 is 22.6 Å². The molecule has 2 aliphatic rings. The van der Waals surface area contributed by atoms with Crippen LogP contribution in [0.2, 0.25) is 0 Å². The minimum absolute atomic E-state index is 0.0173. The third kappa shape index (κ3) is 3.19. The third-order valence-electron chi connectivity index (χ3n) is 6.08. The van der Waals surface area contributed by atoms with Crippen LogP contribution in [0.15, 0.2) is 30.3 Å². The first-order chi connectivity index (χ1) is 15.0. The summed E-state index contributed by atoms with van der Waals surface area (Å²) < 4.78 is 31.5. The van der Waals surface area contributed by atoms with E-state index in [4.69, 9.17) is 19.9 Å². The van der Waals surface area contributed by atoms with Crippen molar-refractivity contribution in [3.63, 3.8) is 0 Å². The van der Waals surface area contributed by atoms with Crippen molar-refractivity contribution in [3.05, 3.63) is 64.0 Å². The largest absolute Gasteiger partial charge is 0.497 e. The quantitative estimate of drug-likeness (QED) is 0.695. The van der Waals surface area contributed by atoms with Gasteiger partial charge in [-0.15, -0.1) is 0 Å². The maximum Gasteiger partial charge on any atom is 0.257 e. The third-order valence-corrected chi connectivity index (χ3v) is 6.08. The Balaban J connectivity index is 1.54. The van der Waals surface area contributed by atoms with E-state index >= 15 is 0 Å². The molecule has 3 aromatic rings. The lowest BCUT2D eigenvalue weighted by Crippen LogP contribution is -2.36. The van der Waals surface area contributed by atoms with Gasteiger partial charge in [-0.2, -0.15) is 0 Å². The summed E-state index contributed by atoms with van der Waals surface area (Å²) in [5.41, 5.74) is 9.96. The molecule has 1 atom stereocenters. The number of nitrogens with zero attached hydrogens (tertiary/aromatic N) is 2. The van der Waals surface area contributed by atoms with Gasteiger partial charge in [-0.3, -0.25) is 4.79 Å². The van der Waals surface area contributed by atoms with Crippen LogP contribution in [0.4, 0.5) is 10.2 Å². The highest BCUT2D eigenvalue weighted by Crippen LogP contribution is 2.35. The standard InChI is InChI=1S/C23H22FN3O4/c1-27(21-11-30-8-12-5-13(29-2)3-4-14(12)21)23(28)16-6-15-17-9-31-10-18(17)22(25)26-20(15)7-19(16)24/h3-7,21H,8-11H2,1-2H3,(H2,25,26)/t21-/m1/s1. The van der Waals surface area contributed by atoms with E-state index in [9.17, 15) is 9.18 Å². The van der Waals surface area contributed by atoms with E-state index in [0.717, 1.165) is 28.0 Å². The summed E-state index contributed by atoms with van der Waals surface area (Å²) in [5.74, 6) is -0.00894. The fraction of sp³-hybridized carbons (Fsp3) is 0.304. The lowest BCUT2D eigenvalue weighted by atomic mass is 9.96. The number of carbonyl (C=O) groups excluding carboxylic acids is 1. The van der Waals surface area contributed by atoms with Gasteiger partial charge in [-0.05, 0) is 34.9 Å². The normalized spacial score (nSPS) is 17.3. The Morgan fingerprint density at radius 1 is 1.19 bits per heavy atom. The number of nitrogen functional groups attached to an aromatic ring is 1. The van der Waals surface area contributed by atoms with E-state index in [1.807, 2.05) is 18.2 Å². The molecule has 1 amide bonds. The number of fused-ring (bicyclic) bond motifs is 4. The Morgan fingerprint density at radius 3 is 2.81 bits per heavy atom. The lowest BCUT2D eigenvalue weighted by Gasteiger charge is -2.33. The van der Waals surface area contributed by atoms with Gasteiger partial charge in [0.05, 0.1) is 50.7 Å². The summed E-state index contributed by atoms with van der Waals surface area (Å²) in [4.78, 5) is 19.2. The Kier molecular flexibility index (Phi) is 4.75. The molecule has 0 unspecified atom stereocenters. The fourth-order valence-corrected chi connectivity index (χ4v) is 4.34. The average Bonchev–Trinajstić information content (AvgIpc) is 3.28. The Labute approximate surface area is 178 Å². The molecule has 160 valence electrons. The predicted molar refractivity (Wildman–Crippen MR) is 112 cm³/mol. The fourth-order valence-electron chi connectivity index (χ4n) is 4.34. The molecule has 0 spiro atoms. The van der Waals surface area contributed by atoms with Crippen LogP contribution in [0.1, 0.15) is 38.7 Å². The molecule has 0 saturated heterocycles. The zero-order valence-corrected chi connectivity index (χ0v) is 17.3. The number of rotatable bonds is 3. The second kappa shape index (κ2) is 7.47. The van der Waals surface area contributed by atoms with Crippen LogP contribution in [0.5, 0.6) is 5.75 Å². The first-order valence-electron chi connectivity index (χ1n) is 9.98. The minimum Gasteiger partial charge on any atom is -0.497 e. The molecular formula is C23H22FN3O4. The molecule has 2 aromatic carbocycles. The van der Waals surface area contributed by atoms with Crippen LogP contribution in [-0.2, 0) is 29.3 Å². The molecule has 0 aliphatic carbocycles. The van der Waals surface area contributed by atoms with Crippen LogP contribution in [0.3, 0.4) is 0 Å². The molecule has 0 radical (unpaired) electrons. The van der Waals surface area contributed by atoms with Crippen molar-refractivity contribution in [2.24, 2.45) is 0 Å². The Hall–Kier alpha value is -3.23. The van der Waals surface area contributed by atoms with Gasteiger partial charge in [0.2, 0.25) is 0 Å². The minimum atomic E-state index is -0.637. The summed E-state index contributed by atoms with van der Waals surface area (Å²) in [6, 6.07) is 8.17. The van der Waals surface area contributed by atoms with Gasteiger partial charge in [0.25, 0.3) is 5.91 Å². The zero-order chi connectivity index (χ0) is 21.7. The van der Waals surface area contributed by atoms with E-state index in [1.165, 1.54) is 11.0 Å². The number of halogens is 1. The maximum atomic E-state index is 15.0. The second-order valence-corrected chi connectivity index (χ2v) is 7.81. The maximum absolute atomic E-state index is 15.0. The number of amides is 1. The number of carbonyl (C=O) groups is 1. The van der Waals surface area contributed by atoms with Gasteiger partial charge in [0.1, 0.15) is 17.4 Å². The summed E-state index contributed by atoms with van der Waals surface area (Å²) >= 11 is 0. The van der Waals surface area contributed by atoms with E-state index in [1.54, 1.807) is 20.2 Å². The highest BCUT2D eigenvalue weighted by Gasteiger charge is 2.30. The molecule has 5 rings (SSSR count). The molecule has 0 saturated carbocycles. The summed E-state index contributed by atoms with van der Waals surface area (Å²) in [5, 5.41) is 0.685. The average molecular weight is 423 g/mol. The number of pyridine rings is 1. The van der Waals surface area contributed by atoms with Gasteiger partial charge < -0.3 is 24.8 Å². The number of likely N-dealkylation sites (N-methyl/N-ethyl adjacent to an activating group) is 1. The van der Waals surface area contributed by atoms with Crippen molar-refractivity contribution in [1.82, 2.24) is 9.88 Å². The van der Waals surface area contributed by atoms with Crippen molar-refractivity contribution in [2.45, 2.75) is 25.9 Å². The summed E-state index contributed by atoms with van der Waals surface area (Å²) in [6.45, 7) is 1.50. The van der Waals surface area contributed by atoms with Crippen LogP contribution >= 0.6 is 0 Å². The number of aromatic nitrogens is 1. The predicted octanol–water partition coefficient (Wildman–Crippen LogP) is 3.34. The molecule has 2 N–H and O–H groups in total. The van der Waals surface area contributed by atoms with Crippen LogP contribution < -0.4 is 10.5 Å². The van der Waals surface area contributed by atoms with Crippen LogP contribution in [0, 0.1) is 5.82 Å². The molecule has 0 bridgehead atoms. The second-order valence-electron chi connectivity index (χ2n) is 7.81. The topological polar surface area (TPSA) is 86.9 Å². The molecule has 31 heavy (non-hydrogen) atoms. The highest BCUT2D eigenvalue weighted by atomic mass is 19.1. The molecule has 2 aliphatic heterocycles. The molecule has 1 aromatic heterocycles.